The molecule has 2 atom stereocenters. The fourth-order valence-corrected chi connectivity index (χ4v) is 4.35. The highest BCUT2D eigenvalue weighted by Crippen LogP contribution is 2.27. The predicted molar refractivity (Wildman–Crippen MR) is 102 cm³/mol. The van der Waals surface area contributed by atoms with Crippen LogP contribution >= 0.6 is 0 Å². The van der Waals surface area contributed by atoms with E-state index in [0.29, 0.717) is 5.91 Å². The first kappa shape index (κ1) is 19.0. The average Bonchev–Trinajstić information content (AvgIpc) is 2.97. The summed E-state index contributed by atoms with van der Waals surface area (Å²) in [6.07, 6.45) is 7.05. The van der Waals surface area contributed by atoms with E-state index < -0.39 is 0 Å². The topological polar surface area (TPSA) is 43.2 Å². The van der Waals surface area contributed by atoms with Crippen LogP contribution in [-0.2, 0) is 11.3 Å². The number of amides is 1. The summed E-state index contributed by atoms with van der Waals surface area (Å²) in [4.78, 5) is 16.6. The average molecular weight is 362 g/mol. The Morgan fingerprint density at radius 2 is 1.81 bits per heavy atom. The number of piperidine rings is 1. The number of benzene rings is 1. The Balaban J connectivity index is 1.60. The molecule has 0 radical (unpaired) electrons. The van der Waals surface area contributed by atoms with Crippen LogP contribution in [0, 0.1) is 5.92 Å². The molecule has 5 nitrogen and oxygen atoms in total. The molecule has 5 heteroatoms. The lowest BCUT2D eigenvalue weighted by Crippen LogP contribution is -3.12. The fourth-order valence-electron chi connectivity index (χ4n) is 4.35. The quantitative estimate of drug-likeness (QED) is 0.871. The van der Waals surface area contributed by atoms with Gasteiger partial charge in [-0.3, -0.25) is 4.79 Å². The van der Waals surface area contributed by atoms with Crippen molar-refractivity contribution >= 4 is 5.91 Å². The second kappa shape index (κ2) is 9.26. The van der Waals surface area contributed by atoms with Crippen LogP contribution in [-0.4, -0.2) is 51.2 Å². The van der Waals surface area contributed by atoms with Crippen molar-refractivity contribution < 1.29 is 19.2 Å². The molecule has 2 aliphatic heterocycles. The number of ether oxygens (including phenoxy) is 2. The molecule has 26 heavy (non-hydrogen) atoms. The van der Waals surface area contributed by atoms with Gasteiger partial charge < -0.3 is 19.3 Å². The summed E-state index contributed by atoms with van der Waals surface area (Å²) in [5.74, 6) is 2.13. The van der Waals surface area contributed by atoms with E-state index in [9.17, 15) is 4.79 Å². The van der Waals surface area contributed by atoms with Crippen molar-refractivity contribution in [3.8, 4) is 11.5 Å². The first-order valence-electron chi connectivity index (χ1n) is 10.0. The molecule has 0 bridgehead atoms. The summed E-state index contributed by atoms with van der Waals surface area (Å²) < 4.78 is 10.7. The van der Waals surface area contributed by atoms with Crippen molar-refractivity contribution in [1.82, 2.24) is 4.90 Å². The number of carbonyl (C=O) groups is 1. The number of hydrogen-bond donors (Lipinski definition) is 1. The van der Waals surface area contributed by atoms with Crippen LogP contribution in [0.2, 0.25) is 0 Å². The van der Waals surface area contributed by atoms with Gasteiger partial charge in [0.25, 0.3) is 0 Å². The molecule has 2 fully saturated rings. The fraction of sp³-hybridized carbons (Fsp3) is 0.667. The molecule has 1 unspecified atom stereocenters. The molecule has 0 aliphatic carbocycles. The number of likely N-dealkylation sites (tertiary alicyclic amines) is 2. The number of methoxy groups -OCH3 is 2. The number of nitrogens with zero attached hydrogens (tertiary/aromatic N) is 1. The maximum absolute atomic E-state index is 13.0. The first-order chi connectivity index (χ1) is 12.7. The van der Waals surface area contributed by atoms with Gasteiger partial charge >= 0.3 is 0 Å². The zero-order valence-corrected chi connectivity index (χ0v) is 16.3. The Labute approximate surface area is 157 Å². The molecule has 2 aliphatic rings. The molecule has 1 aromatic carbocycles. The number of carbonyl (C=O) groups excluding carboxylic acids is 1. The van der Waals surface area contributed by atoms with Crippen LogP contribution in [0.4, 0.5) is 0 Å². The van der Waals surface area contributed by atoms with E-state index >= 15 is 0 Å². The third kappa shape index (κ3) is 4.70. The minimum Gasteiger partial charge on any atom is -0.493 e. The molecule has 2 saturated heterocycles. The number of hydrogen-bond acceptors (Lipinski definition) is 3. The van der Waals surface area contributed by atoms with Gasteiger partial charge in [0.2, 0.25) is 5.91 Å². The molecule has 2 heterocycles. The summed E-state index contributed by atoms with van der Waals surface area (Å²) in [7, 11) is 3.33. The highest BCUT2D eigenvalue weighted by atomic mass is 16.5. The Bertz CT molecular complexity index is 597. The minimum absolute atomic E-state index is 0.192. The van der Waals surface area contributed by atoms with Gasteiger partial charge in [-0.05, 0) is 43.9 Å². The highest BCUT2D eigenvalue weighted by Gasteiger charge is 2.32. The van der Waals surface area contributed by atoms with Crippen LogP contribution in [0.5, 0.6) is 11.5 Å². The molecule has 0 spiro atoms. The molecule has 3 rings (SSSR count). The maximum atomic E-state index is 13.0. The lowest BCUT2D eigenvalue weighted by atomic mass is 9.96. The summed E-state index contributed by atoms with van der Waals surface area (Å²) in [5.41, 5.74) is 1.24. The van der Waals surface area contributed by atoms with Crippen LogP contribution in [0.15, 0.2) is 18.2 Å². The zero-order chi connectivity index (χ0) is 18.4. The van der Waals surface area contributed by atoms with E-state index in [1.807, 2.05) is 6.07 Å². The second-order valence-electron chi connectivity index (χ2n) is 7.65. The maximum Gasteiger partial charge on any atom is 0.231 e. The van der Waals surface area contributed by atoms with Gasteiger partial charge in [0, 0.05) is 18.7 Å². The Hall–Kier alpha value is -1.75. The number of nitrogens with one attached hydrogen (secondary N) is 1. The van der Waals surface area contributed by atoms with Gasteiger partial charge in [-0.2, -0.15) is 0 Å². The Kier molecular flexibility index (Phi) is 6.78. The third-order valence-electron chi connectivity index (χ3n) is 5.79. The lowest BCUT2D eigenvalue weighted by molar-refractivity contribution is -0.921. The van der Waals surface area contributed by atoms with E-state index in [0.717, 1.165) is 57.1 Å². The van der Waals surface area contributed by atoms with Gasteiger partial charge in [0.15, 0.2) is 11.5 Å². The van der Waals surface area contributed by atoms with Crippen molar-refractivity contribution in [3.63, 3.8) is 0 Å². The summed E-state index contributed by atoms with van der Waals surface area (Å²) in [6, 6.07) is 6.14. The van der Waals surface area contributed by atoms with Crippen LogP contribution < -0.4 is 14.4 Å². The predicted octanol–water partition coefficient (Wildman–Crippen LogP) is 1.90. The highest BCUT2D eigenvalue weighted by molar-refractivity contribution is 5.79. The standard InChI is InChI=1S/C21H32N2O3/c1-25-19-10-9-17(14-20(19)26-2)15-22-11-7-8-18(16-22)21(24)23-12-5-3-4-6-13-23/h9-10,14,18H,3-8,11-13,15-16H2,1-2H3/p+1/t18-/m1/s1. The van der Waals surface area contributed by atoms with Crippen molar-refractivity contribution in [2.24, 2.45) is 5.92 Å². The van der Waals surface area contributed by atoms with E-state index in [4.69, 9.17) is 9.47 Å². The van der Waals surface area contributed by atoms with Crippen LogP contribution in [0.1, 0.15) is 44.1 Å². The van der Waals surface area contributed by atoms with E-state index in [-0.39, 0.29) is 5.92 Å². The second-order valence-corrected chi connectivity index (χ2v) is 7.65. The van der Waals surface area contributed by atoms with Crippen molar-refractivity contribution in [1.29, 1.82) is 0 Å². The normalized spacial score (nSPS) is 24.0. The molecule has 1 amide bonds. The van der Waals surface area contributed by atoms with Gasteiger partial charge in [0.05, 0.1) is 33.2 Å². The summed E-state index contributed by atoms with van der Waals surface area (Å²) in [5, 5.41) is 0. The summed E-state index contributed by atoms with van der Waals surface area (Å²) >= 11 is 0. The van der Waals surface area contributed by atoms with Gasteiger partial charge in [0.1, 0.15) is 6.54 Å². The largest absolute Gasteiger partial charge is 0.493 e. The molecule has 0 saturated carbocycles. The number of quaternary nitrogens is 1. The molecule has 144 valence electrons. The monoisotopic (exact) mass is 361 g/mol. The Morgan fingerprint density at radius 1 is 1.08 bits per heavy atom. The first-order valence-corrected chi connectivity index (χ1v) is 10.0. The molecule has 1 aromatic rings. The van der Waals surface area contributed by atoms with Crippen molar-refractivity contribution in [2.45, 2.75) is 45.1 Å². The molecular weight excluding hydrogens is 328 g/mol. The van der Waals surface area contributed by atoms with Gasteiger partial charge in [-0.15, -0.1) is 0 Å². The van der Waals surface area contributed by atoms with E-state index in [2.05, 4.69) is 17.0 Å². The SMILES string of the molecule is COc1ccc(C[NH+]2CCC[C@@H](C(=O)N3CCCCCC3)C2)cc1OC. The zero-order valence-electron chi connectivity index (χ0n) is 16.3. The van der Waals surface area contributed by atoms with Gasteiger partial charge in [-0.1, -0.05) is 12.8 Å². The smallest absolute Gasteiger partial charge is 0.231 e. The summed E-state index contributed by atoms with van der Waals surface area (Å²) in [6.45, 7) is 4.94. The third-order valence-corrected chi connectivity index (χ3v) is 5.79. The van der Waals surface area contributed by atoms with Gasteiger partial charge in [-0.25, -0.2) is 0 Å². The van der Waals surface area contributed by atoms with Crippen LogP contribution in [0.25, 0.3) is 0 Å². The minimum atomic E-state index is 0.192. The van der Waals surface area contributed by atoms with E-state index in [1.54, 1.807) is 14.2 Å². The van der Waals surface area contributed by atoms with Crippen molar-refractivity contribution in [2.75, 3.05) is 40.4 Å². The molecular formula is C21H33N2O3+. The van der Waals surface area contributed by atoms with Crippen LogP contribution in [0.3, 0.4) is 0 Å². The molecule has 0 aromatic heterocycles. The van der Waals surface area contributed by atoms with E-state index in [1.165, 1.54) is 36.1 Å². The Morgan fingerprint density at radius 3 is 2.50 bits per heavy atom. The number of rotatable bonds is 5. The lowest BCUT2D eigenvalue weighted by Gasteiger charge is -2.32. The van der Waals surface area contributed by atoms with Crippen molar-refractivity contribution in [3.05, 3.63) is 23.8 Å². The molecule has 1 N–H and O–H groups in total.